The smallest absolute Gasteiger partial charge is 0.244 e. The lowest BCUT2D eigenvalue weighted by Gasteiger charge is -2.33. The van der Waals surface area contributed by atoms with E-state index in [4.69, 9.17) is 9.47 Å². The standard InChI is InChI=1S/C24H31N3O6S/c1-5-20(24(29)25-17(2)3)26(14-18-9-7-6-8-10-18)23(28)15-27(34(4,30)31)19-11-12-21-22(13-19)33-16-32-21/h6-13,17,20H,5,14-16H2,1-4H3,(H,25,29)/t20-/m0/s1. The number of ether oxygens (including phenoxy) is 2. The molecule has 0 radical (unpaired) electrons. The van der Waals surface area contributed by atoms with E-state index in [1.807, 2.05) is 51.1 Å². The number of hydrogen-bond donors (Lipinski definition) is 1. The number of carbonyl (C=O) groups excluding carboxylic acids is 2. The van der Waals surface area contributed by atoms with Gasteiger partial charge in [0.1, 0.15) is 12.6 Å². The zero-order chi connectivity index (χ0) is 24.9. The number of anilines is 1. The number of carbonyl (C=O) groups is 2. The number of rotatable bonds is 10. The third-order valence-corrected chi connectivity index (χ3v) is 6.48. The maximum absolute atomic E-state index is 13.6. The third-order valence-electron chi connectivity index (χ3n) is 5.34. The zero-order valence-corrected chi connectivity index (χ0v) is 20.7. The first-order chi connectivity index (χ1) is 16.1. The molecule has 0 spiro atoms. The van der Waals surface area contributed by atoms with Crippen molar-refractivity contribution in [2.75, 3.05) is 23.9 Å². The number of hydrogen-bond acceptors (Lipinski definition) is 6. The molecule has 0 fully saturated rings. The van der Waals surface area contributed by atoms with E-state index in [0.29, 0.717) is 17.9 Å². The minimum atomic E-state index is -3.82. The van der Waals surface area contributed by atoms with Gasteiger partial charge in [-0.05, 0) is 38.0 Å². The van der Waals surface area contributed by atoms with Crippen molar-refractivity contribution >= 4 is 27.5 Å². The van der Waals surface area contributed by atoms with E-state index in [1.165, 1.54) is 11.0 Å². The van der Waals surface area contributed by atoms with Gasteiger partial charge < -0.3 is 19.7 Å². The molecule has 0 bridgehead atoms. The van der Waals surface area contributed by atoms with Gasteiger partial charge in [-0.15, -0.1) is 0 Å². The SMILES string of the molecule is CC[C@@H](C(=O)NC(C)C)N(Cc1ccccc1)C(=O)CN(c1ccc2c(c1)OCO2)S(C)(=O)=O. The predicted octanol–water partition coefficient (Wildman–Crippen LogP) is 2.51. The average Bonchev–Trinajstić information content (AvgIpc) is 3.24. The molecule has 0 aromatic heterocycles. The van der Waals surface area contributed by atoms with Gasteiger partial charge in [-0.2, -0.15) is 0 Å². The van der Waals surface area contributed by atoms with Crippen LogP contribution in [-0.2, 0) is 26.2 Å². The predicted molar refractivity (Wildman–Crippen MR) is 129 cm³/mol. The van der Waals surface area contributed by atoms with E-state index >= 15 is 0 Å². The Hall–Kier alpha value is -3.27. The monoisotopic (exact) mass is 489 g/mol. The number of fused-ring (bicyclic) bond motifs is 1. The van der Waals surface area contributed by atoms with Gasteiger partial charge in [0.25, 0.3) is 0 Å². The van der Waals surface area contributed by atoms with Crippen LogP contribution in [0.5, 0.6) is 11.5 Å². The molecule has 10 heteroatoms. The summed E-state index contributed by atoms with van der Waals surface area (Å²) in [6.45, 7) is 5.27. The highest BCUT2D eigenvalue weighted by atomic mass is 32.2. The van der Waals surface area contributed by atoms with Crippen LogP contribution >= 0.6 is 0 Å². The van der Waals surface area contributed by atoms with Crippen molar-refractivity contribution < 1.29 is 27.5 Å². The molecule has 3 rings (SSSR count). The molecule has 2 aromatic rings. The quantitative estimate of drug-likeness (QED) is 0.550. The van der Waals surface area contributed by atoms with Crippen LogP contribution in [0.4, 0.5) is 5.69 Å². The summed E-state index contributed by atoms with van der Waals surface area (Å²) < 4.78 is 37.0. The molecule has 0 aliphatic carbocycles. The summed E-state index contributed by atoms with van der Waals surface area (Å²) >= 11 is 0. The summed E-state index contributed by atoms with van der Waals surface area (Å²) in [4.78, 5) is 28.0. The highest BCUT2D eigenvalue weighted by Gasteiger charge is 2.32. The molecule has 2 amide bonds. The van der Waals surface area contributed by atoms with E-state index in [-0.39, 0.29) is 31.0 Å². The van der Waals surface area contributed by atoms with E-state index in [1.54, 1.807) is 12.1 Å². The molecule has 0 saturated heterocycles. The molecule has 9 nitrogen and oxygen atoms in total. The molecule has 1 heterocycles. The maximum atomic E-state index is 13.6. The minimum absolute atomic E-state index is 0.0462. The summed E-state index contributed by atoms with van der Waals surface area (Å²) in [6.07, 6.45) is 1.41. The average molecular weight is 490 g/mol. The Morgan fingerprint density at radius 1 is 1.06 bits per heavy atom. The Balaban J connectivity index is 1.93. The summed E-state index contributed by atoms with van der Waals surface area (Å²) in [5, 5.41) is 2.86. The fourth-order valence-corrected chi connectivity index (χ4v) is 4.58. The lowest BCUT2D eigenvalue weighted by molar-refractivity contribution is -0.140. The van der Waals surface area contributed by atoms with Gasteiger partial charge in [-0.3, -0.25) is 13.9 Å². The normalized spacial score (nSPS) is 13.4. The number of nitrogens with one attached hydrogen (secondary N) is 1. The maximum Gasteiger partial charge on any atom is 0.244 e. The van der Waals surface area contributed by atoms with Gasteiger partial charge in [0, 0.05) is 18.7 Å². The Kier molecular flexibility index (Phi) is 8.03. The second-order valence-electron chi connectivity index (χ2n) is 8.40. The third kappa shape index (κ3) is 6.19. The molecule has 1 aliphatic heterocycles. The number of benzene rings is 2. The van der Waals surface area contributed by atoms with Crippen molar-refractivity contribution in [2.45, 2.75) is 45.8 Å². The van der Waals surface area contributed by atoms with Crippen LogP contribution in [-0.4, -0.2) is 56.8 Å². The number of sulfonamides is 1. The molecule has 1 atom stereocenters. The fourth-order valence-electron chi connectivity index (χ4n) is 3.73. The zero-order valence-electron chi connectivity index (χ0n) is 19.9. The summed E-state index contributed by atoms with van der Waals surface area (Å²) in [6, 6.07) is 13.1. The van der Waals surface area contributed by atoms with Crippen LogP contribution < -0.4 is 19.1 Å². The molecule has 0 unspecified atom stereocenters. The van der Waals surface area contributed by atoms with Crippen LogP contribution in [0.1, 0.15) is 32.8 Å². The van der Waals surface area contributed by atoms with Crippen molar-refractivity contribution in [1.29, 1.82) is 0 Å². The first kappa shape index (κ1) is 25.4. The minimum Gasteiger partial charge on any atom is -0.454 e. The van der Waals surface area contributed by atoms with E-state index in [2.05, 4.69) is 5.32 Å². The van der Waals surface area contributed by atoms with Crippen LogP contribution in [0.25, 0.3) is 0 Å². The number of amides is 2. The van der Waals surface area contributed by atoms with Crippen molar-refractivity contribution in [2.24, 2.45) is 0 Å². The molecule has 1 aliphatic rings. The Bertz CT molecular complexity index is 1120. The second kappa shape index (κ2) is 10.8. The lowest BCUT2D eigenvalue weighted by atomic mass is 10.1. The van der Waals surface area contributed by atoms with Crippen LogP contribution in [0.2, 0.25) is 0 Å². The molecule has 0 saturated carbocycles. The van der Waals surface area contributed by atoms with Gasteiger partial charge in [0.05, 0.1) is 11.9 Å². The van der Waals surface area contributed by atoms with Crippen molar-refractivity contribution in [3.05, 3.63) is 54.1 Å². The Morgan fingerprint density at radius 3 is 2.35 bits per heavy atom. The van der Waals surface area contributed by atoms with E-state index < -0.39 is 28.5 Å². The number of nitrogens with zero attached hydrogens (tertiary/aromatic N) is 2. The van der Waals surface area contributed by atoms with Crippen molar-refractivity contribution in [1.82, 2.24) is 10.2 Å². The highest BCUT2D eigenvalue weighted by Crippen LogP contribution is 2.36. The van der Waals surface area contributed by atoms with Gasteiger partial charge in [0.15, 0.2) is 11.5 Å². The van der Waals surface area contributed by atoms with E-state index in [0.717, 1.165) is 16.1 Å². The van der Waals surface area contributed by atoms with Crippen LogP contribution in [0.3, 0.4) is 0 Å². The molecular formula is C24H31N3O6S. The molecule has 2 aromatic carbocycles. The van der Waals surface area contributed by atoms with Crippen molar-refractivity contribution in [3.63, 3.8) is 0 Å². The topological polar surface area (TPSA) is 105 Å². The lowest BCUT2D eigenvalue weighted by Crippen LogP contribution is -2.53. The molecular weight excluding hydrogens is 458 g/mol. The van der Waals surface area contributed by atoms with E-state index in [9.17, 15) is 18.0 Å². The summed E-state index contributed by atoms with van der Waals surface area (Å²) in [7, 11) is -3.82. The Morgan fingerprint density at radius 2 is 1.74 bits per heavy atom. The van der Waals surface area contributed by atoms with Gasteiger partial charge in [-0.25, -0.2) is 8.42 Å². The molecule has 1 N–H and O–H groups in total. The largest absolute Gasteiger partial charge is 0.454 e. The van der Waals surface area contributed by atoms with Crippen LogP contribution in [0, 0.1) is 0 Å². The highest BCUT2D eigenvalue weighted by molar-refractivity contribution is 7.92. The fraction of sp³-hybridized carbons (Fsp3) is 0.417. The Labute approximate surface area is 200 Å². The molecule has 34 heavy (non-hydrogen) atoms. The van der Waals surface area contributed by atoms with Gasteiger partial charge >= 0.3 is 0 Å². The second-order valence-corrected chi connectivity index (χ2v) is 10.3. The van der Waals surface area contributed by atoms with Crippen molar-refractivity contribution in [3.8, 4) is 11.5 Å². The van der Waals surface area contributed by atoms with Crippen LogP contribution in [0.15, 0.2) is 48.5 Å². The first-order valence-corrected chi connectivity index (χ1v) is 13.0. The summed E-state index contributed by atoms with van der Waals surface area (Å²) in [5.74, 6) is 0.140. The first-order valence-electron chi connectivity index (χ1n) is 11.1. The molecule has 184 valence electrons. The van der Waals surface area contributed by atoms with Gasteiger partial charge in [0.2, 0.25) is 28.6 Å². The summed E-state index contributed by atoms with van der Waals surface area (Å²) in [5.41, 5.74) is 1.11. The van der Waals surface area contributed by atoms with Gasteiger partial charge in [-0.1, -0.05) is 37.3 Å².